The Hall–Kier alpha value is -0.610. The zero-order chi connectivity index (χ0) is 12.1. The zero-order valence-corrected chi connectivity index (χ0v) is 10.6. The topological polar surface area (TPSA) is 55.6 Å². The number of hydrogen-bond donors (Lipinski definition) is 1. The van der Waals surface area contributed by atoms with E-state index in [1.807, 2.05) is 4.90 Å². The number of nitrogens with zero attached hydrogens (tertiary/aromatic N) is 1. The summed E-state index contributed by atoms with van der Waals surface area (Å²) in [5.41, 5.74) is 5.43. The molecule has 1 saturated carbocycles. The molecule has 1 aliphatic carbocycles. The van der Waals surface area contributed by atoms with E-state index >= 15 is 0 Å². The molecule has 0 aromatic carbocycles. The van der Waals surface area contributed by atoms with Gasteiger partial charge in [-0.05, 0) is 44.6 Å². The number of amides is 1. The normalized spacial score (nSPS) is 21.8. The molecule has 0 aromatic heterocycles. The number of carbonyl (C=O) groups excluding carboxylic acids is 1. The maximum atomic E-state index is 11.9. The monoisotopic (exact) mass is 240 g/mol. The predicted molar refractivity (Wildman–Crippen MR) is 66.6 cm³/mol. The van der Waals surface area contributed by atoms with Gasteiger partial charge in [0.05, 0.1) is 6.10 Å². The first-order valence-electron chi connectivity index (χ1n) is 6.89. The van der Waals surface area contributed by atoms with Crippen molar-refractivity contribution in [3.8, 4) is 0 Å². The molecule has 1 heterocycles. The second-order valence-electron chi connectivity index (χ2n) is 5.24. The minimum absolute atomic E-state index is 0.339. The molecular formula is C13H24N2O2. The van der Waals surface area contributed by atoms with E-state index in [9.17, 15) is 4.79 Å². The molecule has 0 unspecified atom stereocenters. The van der Waals surface area contributed by atoms with Gasteiger partial charge in [-0.1, -0.05) is 0 Å². The quantitative estimate of drug-likeness (QED) is 0.708. The van der Waals surface area contributed by atoms with Gasteiger partial charge in [-0.15, -0.1) is 0 Å². The molecule has 2 N–H and O–H groups in total. The van der Waals surface area contributed by atoms with E-state index in [1.165, 1.54) is 12.8 Å². The Balaban J connectivity index is 1.61. The fourth-order valence-electron chi connectivity index (χ4n) is 2.30. The Bertz CT molecular complexity index is 246. The number of carbonyl (C=O) groups is 1. The predicted octanol–water partition coefficient (Wildman–Crippen LogP) is 1.14. The molecular weight excluding hydrogens is 216 g/mol. The molecule has 4 heteroatoms. The minimum atomic E-state index is 0.339. The molecule has 1 amide bonds. The van der Waals surface area contributed by atoms with Crippen molar-refractivity contribution < 1.29 is 9.53 Å². The average Bonchev–Trinajstić information content (AvgIpc) is 3.14. The molecule has 2 rings (SSSR count). The molecule has 17 heavy (non-hydrogen) atoms. The molecule has 0 atom stereocenters. The average molecular weight is 240 g/mol. The smallest absolute Gasteiger partial charge is 0.222 e. The van der Waals surface area contributed by atoms with Crippen molar-refractivity contribution in [2.75, 3.05) is 26.2 Å². The summed E-state index contributed by atoms with van der Waals surface area (Å²) in [5, 5.41) is 0. The Kier molecular flexibility index (Phi) is 4.80. The number of hydrogen-bond acceptors (Lipinski definition) is 3. The van der Waals surface area contributed by atoms with Gasteiger partial charge >= 0.3 is 0 Å². The van der Waals surface area contributed by atoms with E-state index in [4.69, 9.17) is 10.5 Å². The maximum absolute atomic E-state index is 11.9. The minimum Gasteiger partial charge on any atom is -0.378 e. The van der Waals surface area contributed by atoms with Crippen LogP contribution in [0.15, 0.2) is 0 Å². The molecule has 0 bridgehead atoms. The van der Waals surface area contributed by atoms with Gasteiger partial charge in [0.15, 0.2) is 0 Å². The highest BCUT2D eigenvalue weighted by molar-refractivity contribution is 5.76. The fraction of sp³-hybridized carbons (Fsp3) is 0.923. The van der Waals surface area contributed by atoms with Crippen molar-refractivity contribution in [1.82, 2.24) is 4.90 Å². The van der Waals surface area contributed by atoms with Crippen LogP contribution in [0.3, 0.4) is 0 Å². The van der Waals surface area contributed by atoms with Crippen LogP contribution < -0.4 is 5.73 Å². The Morgan fingerprint density at radius 3 is 2.53 bits per heavy atom. The lowest BCUT2D eigenvalue weighted by molar-refractivity contribution is -0.134. The van der Waals surface area contributed by atoms with Gasteiger partial charge in [0.1, 0.15) is 0 Å². The zero-order valence-electron chi connectivity index (χ0n) is 10.6. The van der Waals surface area contributed by atoms with Gasteiger partial charge in [0.2, 0.25) is 5.91 Å². The van der Waals surface area contributed by atoms with Crippen molar-refractivity contribution in [2.45, 2.75) is 44.6 Å². The summed E-state index contributed by atoms with van der Waals surface area (Å²) < 4.78 is 5.73. The number of rotatable bonds is 6. The van der Waals surface area contributed by atoms with Crippen LogP contribution in [0.1, 0.15) is 38.5 Å². The lowest BCUT2D eigenvalue weighted by atomic mass is 10.1. The van der Waals surface area contributed by atoms with Gasteiger partial charge in [0, 0.05) is 26.1 Å². The maximum Gasteiger partial charge on any atom is 0.222 e. The Morgan fingerprint density at radius 1 is 1.24 bits per heavy atom. The number of ether oxygens (including phenoxy) is 1. The molecule has 4 nitrogen and oxygen atoms in total. The van der Waals surface area contributed by atoms with Crippen LogP contribution in [-0.4, -0.2) is 43.2 Å². The van der Waals surface area contributed by atoms with Crippen LogP contribution in [0, 0.1) is 5.92 Å². The van der Waals surface area contributed by atoms with E-state index < -0.39 is 0 Å². The summed E-state index contributed by atoms with van der Waals surface area (Å²) in [6.07, 6.45) is 6.53. The fourth-order valence-corrected chi connectivity index (χ4v) is 2.30. The summed E-state index contributed by atoms with van der Waals surface area (Å²) in [4.78, 5) is 13.9. The van der Waals surface area contributed by atoms with Crippen LogP contribution in [0.4, 0.5) is 0 Å². The van der Waals surface area contributed by atoms with Crippen molar-refractivity contribution in [1.29, 1.82) is 0 Å². The van der Waals surface area contributed by atoms with Crippen LogP contribution in [-0.2, 0) is 9.53 Å². The van der Waals surface area contributed by atoms with E-state index in [-0.39, 0.29) is 0 Å². The standard InChI is InChI=1S/C13H24N2O2/c14-6-1-9-17-12-4-7-15(8-5-12)13(16)10-11-2-3-11/h11-12H,1-10,14H2. The summed E-state index contributed by atoms with van der Waals surface area (Å²) in [6.45, 7) is 3.20. The first-order chi connectivity index (χ1) is 8.29. The van der Waals surface area contributed by atoms with Crippen LogP contribution in [0.25, 0.3) is 0 Å². The highest BCUT2D eigenvalue weighted by Gasteiger charge is 2.29. The third-order valence-corrected chi connectivity index (χ3v) is 3.66. The van der Waals surface area contributed by atoms with Gasteiger partial charge < -0.3 is 15.4 Å². The van der Waals surface area contributed by atoms with Gasteiger partial charge in [-0.2, -0.15) is 0 Å². The van der Waals surface area contributed by atoms with Gasteiger partial charge in [-0.3, -0.25) is 4.79 Å². The Labute approximate surface area is 103 Å². The molecule has 1 saturated heterocycles. The molecule has 98 valence electrons. The summed E-state index contributed by atoms with van der Waals surface area (Å²) in [7, 11) is 0. The second-order valence-corrected chi connectivity index (χ2v) is 5.24. The lowest BCUT2D eigenvalue weighted by Gasteiger charge is -2.32. The van der Waals surface area contributed by atoms with E-state index in [1.54, 1.807) is 0 Å². The lowest BCUT2D eigenvalue weighted by Crippen LogP contribution is -2.41. The van der Waals surface area contributed by atoms with Crippen molar-refractivity contribution >= 4 is 5.91 Å². The SMILES string of the molecule is NCCCOC1CCN(C(=O)CC2CC2)CC1. The van der Waals surface area contributed by atoms with Gasteiger partial charge in [-0.25, -0.2) is 0 Å². The first-order valence-corrected chi connectivity index (χ1v) is 6.89. The van der Waals surface area contributed by atoms with Gasteiger partial charge in [0.25, 0.3) is 0 Å². The molecule has 0 spiro atoms. The third-order valence-electron chi connectivity index (χ3n) is 3.66. The summed E-state index contributed by atoms with van der Waals surface area (Å²) >= 11 is 0. The van der Waals surface area contributed by atoms with Crippen LogP contribution in [0.5, 0.6) is 0 Å². The van der Waals surface area contributed by atoms with Crippen molar-refractivity contribution in [3.05, 3.63) is 0 Å². The van der Waals surface area contributed by atoms with E-state index in [2.05, 4.69) is 0 Å². The molecule has 0 radical (unpaired) electrons. The van der Waals surface area contributed by atoms with Crippen LogP contribution >= 0.6 is 0 Å². The Morgan fingerprint density at radius 2 is 1.94 bits per heavy atom. The molecule has 2 aliphatic rings. The van der Waals surface area contributed by atoms with E-state index in [0.29, 0.717) is 24.5 Å². The second kappa shape index (κ2) is 6.36. The molecule has 0 aromatic rings. The highest BCUT2D eigenvalue weighted by atomic mass is 16.5. The first kappa shape index (κ1) is 12.8. The largest absolute Gasteiger partial charge is 0.378 e. The number of piperidine rings is 1. The third kappa shape index (κ3) is 4.28. The summed E-state index contributed by atoms with van der Waals surface area (Å²) in [5.74, 6) is 1.05. The number of nitrogens with two attached hydrogens (primary N) is 1. The highest BCUT2D eigenvalue weighted by Crippen LogP contribution is 2.33. The van der Waals surface area contributed by atoms with Crippen LogP contribution in [0.2, 0.25) is 0 Å². The van der Waals surface area contributed by atoms with E-state index in [0.717, 1.165) is 45.4 Å². The molecule has 1 aliphatic heterocycles. The summed E-state index contributed by atoms with van der Waals surface area (Å²) in [6, 6.07) is 0. The number of likely N-dealkylation sites (tertiary alicyclic amines) is 1. The van der Waals surface area contributed by atoms with Crippen molar-refractivity contribution in [3.63, 3.8) is 0 Å². The van der Waals surface area contributed by atoms with Crippen molar-refractivity contribution in [2.24, 2.45) is 11.7 Å². The molecule has 2 fully saturated rings.